The third-order valence-corrected chi connectivity index (χ3v) is 7.00. The molecule has 0 saturated heterocycles. The SMILES string of the molecule is CNC(=O)c1c(-c2ccc(F)cc2)oc2cc(N(C)O)c(-c3ccc(OC)c(-c4cc5c(F)cccc5o4)c3)cc12. The summed E-state index contributed by atoms with van der Waals surface area (Å²) in [7, 11) is 4.51. The molecule has 9 heteroatoms. The van der Waals surface area contributed by atoms with Crippen molar-refractivity contribution in [3.8, 4) is 39.5 Å². The molecule has 0 aliphatic heterocycles. The number of amides is 1. The number of furan rings is 2. The molecule has 0 atom stereocenters. The molecular weight excluding hydrogens is 530 g/mol. The number of ether oxygens (including phenoxy) is 1. The molecule has 0 bridgehead atoms. The van der Waals surface area contributed by atoms with Gasteiger partial charge in [0.1, 0.15) is 40.1 Å². The van der Waals surface area contributed by atoms with Crippen LogP contribution in [0.25, 0.3) is 55.7 Å². The van der Waals surface area contributed by atoms with Crippen LogP contribution in [0, 0.1) is 11.6 Å². The molecule has 2 heterocycles. The predicted octanol–water partition coefficient (Wildman–Crippen LogP) is 7.65. The smallest absolute Gasteiger partial charge is 0.255 e. The number of nitrogens with one attached hydrogen (secondary N) is 1. The Balaban J connectivity index is 1.59. The zero-order chi connectivity index (χ0) is 28.8. The molecule has 0 fully saturated rings. The minimum Gasteiger partial charge on any atom is -0.496 e. The maximum absolute atomic E-state index is 14.4. The number of rotatable bonds is 6. The standard InChI is InChI=1S/C32H24F2N2O5/c1-35-32(37)30-23-14-20(25(36(2)38)16-29(23)41-31(30)17-7-10-19(33)11-8-17)18-9-12-26(39-3)22(13-18)28-15-21-24(34)5-4-6-27(21)40-28/h4-16,38H,1-3H3,(H,35,37). The Morgan fingerprint density at radius 1 is 0.878 bits per heavy atom. The van der Waals surface area contributed by atoms with E-state index in [9.17, 15) is 18.8 Å². The highest BCUT2D eigenvalue weighted by Gasteiger charge is 2.25. The van der Waals surface area contributed by atoms with E-state index in [1.54, 1.807) is 42.5 Å². The monoisotopic (exact) mass is 554 g/mol. The van der Waals surface area contributed by atoms with Gasteiger partial charge in [0.05, 0.1) is 29.3 Å². The summed E-state index contributed by atoms with van der Waals surface area (Å²) in [5.74, 6) is -0.0410. The molecule has 0 saturated carbocycles. The first-order chi connectivity index (χ1) is 19.8. The van der Waals surface area contributed by atoms with Gasteiger partial charge in [-0.25, -0.2) is 8.78 Å². The normalized spacial score (nSPS) is 11.3. The zero-order valence-electron chi connectivity index (χ0n) is 22.3. The number of hydroxylamine groups is 1. The Labute approximate surface area is 233 Å². The van der Waals surface area contributed by atoms with Crippen LogP contribution in [-0.2, 0) is 0 Å². The van der Waals surface area contributed by atoms with E-state index in [0.29, 0.717) is 61.4 Å². The summed E-state index contributed by atoms with van der Waals surface area (Å²) in [4.78, 5) is 13.1. The number of hydrogen-bond acceptors (Lipinski definition) is 6. The van der Waals surface area contributed by atoms with Crippen LogP contribution >= 0.6 is 0 Å². The summed E-state index contributed by atoms with van der Waals surface area (Å²) >= 11 is 0. The van der Waals surface area contributed by atoms with E-state index in [0.717, 1.165) is 5.06 Å². The molecule has 6 rings (SSSR count). The first kappa shape index (κ1) is 26.1. The van der Waals surface area contributed by atoms with E-state index in [1.165, 1.54) is 51.5 Å². The van der Waals surface area contributed by atoms with Crippen molar-refractivity contribution >= 4 is 33.5 Å². The quantitative estimate of drug-likeness (QED) is 0.206. The Morgan fingerprint density at radius 2 is 1.63 bits per heavy atom. The molecule has 1 amide bonds. The molecule has 206 valence electrons. The maximum Gasteiger partial charge on any atom is 0.255 e. The molecule has 0 aliphatic carbocycles. The minimum atomic E-state index is -0.416. The van der Waals surface area contributed by atoms with Gasteiger partial charge in [0.2, 0.25) is 0 Å². The molecule has 4 aromatic carbocycles. The number of hydrogen-bond donors (Lipinski definition) is 2. The number of methoxy groups -OCH3 is 1. The van der Waals surface area contributed by atoms with Crippen molar-refractivity contribution in [2.24, 2.45) is 0 Å². The van der Waals surface area contributed by atoms with Gasteiger partial charge >= 0.3 is 0 Å². The number of nitrogens with zero attached hydrogens (tertiary/aromatic N) is 1. The van der Waals surface area contributed by atoms with Crippen molar-refractivity contribution < 1.29 is 32.4 Å². The number of benzene rings is 4. The second-order valence-corrected chi connectivity index (χ2v) is 9.46. The van der Waals surface area contributed by atoms with Gasteiger partial charge in [0.15, 0.2) is 0 Å². The second kappa shape index (κ2) is 10.1. The lowest BCUT2D eigenvalue weighted by molar-refractivity contribution is 0.0964. The van der Waals surface area contributed by atoms with E-state index < -0.39 is 11.6 Å². The highest BCUT2D eigenvalue weighted by Crippen LogP contribution is 2.43. The lowest BCUT2D eigenvalue weighted by atomic mass is 9.96. The summed E-state index contributed by atoms with van der Waals surface area (Å²) in [6.45, 7) is 0. The average molecular weight is 555 g/mol. The van der Waals surface area contributed by atoms with Crippen LogP contribution in [0.2, 0.25) is 0 Å². The Hall–Kier alpha value is -5.15. The highest BCUT2D eigenvalue weighted by molar-refractivity contribution is 6.13. The number of carbonyl (C=O) groups is 1. The topological polar surface area (TPSA) is 88.1 Å². The maximum atomic E-state index is 14.4. The molecule has 0 aliphatic rings. The van der Waals surface area contributed by atoms with Gasteiger partial charge < -0.3 is 18.9 Å². The number of carbonyl (C=O) groups excluding carboxylic acids is 1. The van der Waals surface area contributed by atoms with E-state index >= 15 is 0 Å². The summed E-state index contributed by atoms with van der Waals surface area (Å²) < 4.78 is 45.7. The summed E-state index contributed by atoms with van der Waals surface area (Å²) in [5.41, 5.74) is 3.73. The molecule has 0 unspecified atom stereocenters. The fourth-order valence-electron chi connectivity index (χ4n) is 5.01. The van der Waals surface area contributed by atoms with E-state index in [1.807, 2.05) is 6.07 Å². The van der Waals surface area contributed by atoms with Gasteiger partial charge in [-0.2, -0.15) is 0 Å². The van der Waals surface area contributed by atoms with Crippen LogP contribution in [0.4, 0.5) is 14.5 Å². The lowest BCUT2D eigenvalue weighted by Crippen LogP contribution is -2.18. The number of anilines is 1. The third-order valence-electron chi connectivity index (χ3n) is 7.00. The van der Waals surface area contributed by atoms with Gasteiger partial charge in [-0.3, -0.25) is 15.1 Å². The molecule has 0 spiro atoms. The van der Waals surface area contributed by atoms with Crippen LogP contribution in [0.5, 0.6) is 5.75 Å². The first-order valence-electron chi connectivity index (χ1n) is 12.7. The van der Waals surface area contributed by atoms with Crippen molar-refractivity contribution in [2.45, 2.75) is 0 Å². The van der Waals surface area contributed by atoms with Gasteiger partial charge in [-0.05, 0) is 66.2 Å². The van der Waals surface area contributed by atoms with Crippen molar-refractivity contribution in [3.05, 3.63) is 96.1 Å². The largest absolute Gasteiger partial charge is 0.496 e. The first-order valence-corrected chi connectivity index (χ1v) is 12.7. The zero-order valence-corrected chi connectivity index (χ0v) is 22.3. The van der Waals surface area contributed by atoms with Crippen molar-refractivity contribution in [1.29, 1.82) is 0 Å². The fourth-order valence-corrected chi connectivity index (χ4v) is 5.01. The van der Waals surface area contributed by atoms with E-state index in [-0.39, 0.29) is 17.2 Å². The van der Waals surface area contributed by atoms with Crippen molar-refractivity contribution in [3.63, 3.8) is 0 Å². The van der Waals surface area contributed by atoms with Crippen molar-refractivity contribution in [1.82, 2.24) is 5.32 Å². The molecule has 6 aromatic rings. The van der Waals surface area contributed by atoms with Crippen molar-refractivity contribution in [2.75, 3.05) is 26.3 Å². The molecule has 7 nitrogen and oxygen atoms in total. The number of halogens is 2. The Bertz CT molecular complexity index is 1940. The Kier molecular flexibility index (Phi) is 6.43. The lowest BCUT2D eigenvalue weighted by Gasteiger charge is -2.17. The van der Waals surface area contributed by atoms with Crippen LogP contribution in [0.1, 0.15) is 10.4 Å². The average Bonchev–Trinajstić information content (AvgIpc) is 3.58. The Morgan fingerprint density at radius 3 is 2.32 bits per heavy atom. The second-order valence-electron chi connectivity index (χ2n) is 9.46. The van der Waals surface area contributed by atoms with Crippen LogP contribution < -0.4 is 15.1 Å². The van der Waals surface area contributed by atoms with E-state index in [4.69, 9.17) is 13.6 Å². The minimum absolute atomic E-state index is 0.266. The van der Waals surface area contributed by atoms with Gasteiger partial charge in [-0.15, -0.1) is 0 Å². The number of fused-ring (bicyclic) bond motifs is 2. The van der Waals surface area contributed by atoms with Gasteiger partial charge in [0, 0.05) is 36.7 Å². The van der Waals surface area contributed by atoms with Crippen LogP contribution in [0.3, 0.4) is 0 Å². The highest BCUT2D eigenvalue weighted by atomic mass is 19.1. The molecule has 2 N–H and O–H groups in total. The summed E-state index contributed by atoms with van der Waals surface area (Å²) in [6, 6.07) is 20.6. The molecule has 41 heavy (non-hydrogen) atoms. The summed E-state index contributed by atoms with van der Waals surface area (Å²) in [5, 5.41) is 15.0. The third kappa shape index (κ3) is 4.46. The molecular formula is C32H24F2N2O5. The van der Waals surface area contributed by atoms with Gasteiger partial charge in [-0.1, -0.05) is 12.1 Å². The molecule has 2 aromatic heterocycles. The van der Waals surface area contributed by atoms with E-state index in [2.05, 4.69) is 5.32 Å². The molecule has 0 radical (unpaired) electrons. The van der Waals surface area contributed by atoms with Gasteiger partial charge in [0.25, 0.3) is 5.91 Å². The summed E-state index contributed by atoms with van der Waals surface area (Å²) in [6.07, 6.45) is 0. The fraction of sp³-hybridized carbons (Fsp3) is 0.0938. The van der Waals surface area contributed by atoms with Crippen LogP contribution in [-0.4, -0.2) is 32.3 Å². The predicted molar refractivity (Wildman–Crippen MR) is 152 cm³/mol. The van der Waals surface area contributed by atoms with Crippen LogP contribution in [0.15, 0.2) is 87.7 Å².